The highest BCUT2D eigenvalue weighted by molar-refractivity contribution is 5.90. The number of urea groups is 1. The van der Waals surface area contributed by atoms with Gasteiger partial charge < -0.3 is 26.2 Å². The molecule has 1 saturated heterocycles. The summed E-state index contributed by atoms with van der Waals surface area (Å²) >= 11 is 0. The molecule has 0 radical (unpaired) electrons. The number of hydrogen-bond acceptors (Lipinski definition) is 6. The fourth-order valence-electron chi connectivity index (χ4n) is 4.32. The van der Waals surface area contributed by atoms with Crippen LogP contribution in [-0.4, -0.2) is 53.0 Å². The zero-order chi connectivity index (χ0) is 26.6. The van der Waals surface area contributed by atoms with E-state index in [4.69, 9.17) is 0 Å². The highest BCUT2D eigenvalue weighted by atomic mass is 16.2. The Morgan fingerprint density at radius 1 is 0.974 bits per heavy atom. The van der Waals surface area contributed by atoms with Crippen LogP contribution in [0.1, 0.15) is 43.7 Å². The van der Waals surface area contributed by atoms with E-state index in [9.17, 15) is 9.59 Å². The minimum atomic E-state index is -0.0675. The van der Waals surface area contributed by atoms with Gasteiger partial charge in [-0.05, 0) is 55.9 Å². The Labute approximate surface area is 224 Å². The number of amides is 3. The minimum Gasteiger partial charge on any atom is -0.370 e. The van der Waals surface area contributed by atoms with E-state index in [-0.39, 0.29) is 11.9 Å². The summed E-state index contributed by atoms with van der Waals surface area (Å²) < 4.78 is 0. The summed E-state index contributed by atoms with van der Waals surface area (Å²) in [7, 11) is 0. The Bertz CT molecular complexity index is 1200. The average Bonchev–Trinajstić information content (AvgIpc) is 3.48. The van der Waals surface area contributed by atoms with Crippen LogP contribution in [0.25, 0.3) is 0 Å². The molecule has 1 fully saturated rings. The smallest absolute Gasteiger partial charge is 0.321 e. The first-order chi connectivity index (χ1) is 18.6. The number of nitrogens with one attached hydrogen (secondary N) is 4. The van der Waals surface area contributed by atoms with Crippen LogP contribution in [0.4, 0.5) is 27.9 Å². The molecule has 0 spiro atoms. The van der Waals surface area contributed by atoms with Crippen molar-refractivity contribution in [3.05, 3.63) is 71.9 Å². The molecule has 9 nitrogen and oxygen atoms in total. The number of nitrogens with zero attached hydrogens (tertiary/aromatic N) is 3. The fraction of sp³-hybridized carbons (Fsp3) is 0.379. The van der Waals surface area contributed by atoms with E-state index in [1.54, 1.807) is 0 Å². The maximum atomic E-state index is 12.4. The molecule has 200 valence electrons. The Balaban J connectivity index is 1.24. The molecule has 0 aliphatic carbocycles. The van der Waals surface area contributed by atoms with Crippen molar-refractivity contribution in [2.45, 2.75) is 45.4 Å². The number of carbonyl (C=O) groups is 2. The maximum Gasteiger partial charge on any atom is 0.321 e. The standard InChI is InChI=1S/C29H37N7O2/c1-2-23-21-32-28(33-24-12-8-13-25(20-24)34-29(38)36-18-6-7-19-36)35-27(23)31-17-9-16-30-26(37)15-14-22-10-4-3-5-11-22/h3-5,8,10-13,20-21H,2,6-7,9,14-19H2,1H3,(H,30,37)(H,34,38)(H2,31,32,33,35). The van der Waals surface area contributed by atoms with Crippen molar-refractivity contribution in [1.82, 2.24) is 20.2 Å². The summed E-state index contributed by atoms with van der Waals surface area (Å²) in [4.78, 5) is 35.5. The number of anilines is 4. The van der Waals surface area contributed by atoms with Gasteiger partial charge in [0, 0.05) is 55.7 Å². The Morgan fingerprint density at radius 2 is 1.76 bits per heavy atom. The van der Waals surface area contributed by atoms with Gasteiger partial charge in [0.1, 0.15) is 5.82 Å². The van der Waals surface area contributed by atoms with Gasteiger partial charge in [-0.25, -0.2) is 9.78 Å². The zero-order valence-corrected chi connectivity index (χ0v) is 22.0. The molecule has 1 aromatic heterocycles. The second kappa shape index (κ2) is 14.0. The van der Waals surface area contributed by atoms with Gasteiger partial charge in [-0.2, -0.15) is 4.98 Å². The van der Waals surface area contributed by atoms with E-state index >= 15 is 0 Å². The van der Waals surface area contributed by atoms with Crippen LogP contribution in [0.5, 0.6) is 0 Å². The third-order valence-electron chi connectivity index (χ3n) is 6.46. The Morgan fingerprint density at radius 3 is 2.55 bits per heavy atom. The number of carbonyl (C=O) groups excluding carboxylic acids is 2. The van der Waals surface area contributed by atoms with Crippen molar-refractivity contribution in [2.24, 2.45) is 0 Å². The first-order valence-corrected chi connectivity index (χ1v) is 13.4. The molecule has 2 aromatic carbocycles. The highest BCUT2D eigenvalue weighted by Gasteiger charge is 2.17. The molecule has 4 N–H and O–H groups in total. The molecule has 0 saturated carbocycles. The van der Waals surface area contributed by atoms with Crippen LogP contribution in [0.2, 0.25) is 0 Å². The molecular formula is C29H37N7O2. The van der Waals surface area contributed by atoms with E-state index in [0.717, 1.165) is 67.9 Å². The minimum absolute atomic E-state index is 0.0653. The van der Waals surface area contributed by atoms with Crippen molar-refractivity contribution < 1.29 is 9.59 Å². The lowest BCUT2D eigenvalue weighted by Crippen LogP contribution is -2.32. The van der Waals surface area contributed by atoms with Gasteiger partial charge in [0.2, 0.25) is 11.9 Å². The predicted molar refractivity (Wildman–Crippen MR) is 152 cm³/mol. The molecule has 0 bridgehead atoms. The van der Waals surface area contributed by atoms with Crippen molar-refractivity contribution in [2.75, 3.05) is 42.1 Å². The molecule has 3 aromatic rings. The highest BCUT2D eigenvalue weighted by Crippen LogP contribution is 2.21. The van der Waals surface area contributed by atoms with Gasteiger partial charge in [0.25, 0.3) is 0 Å². The van der Waals surface area contributed by atoms with Crippen LogP contribution in [-0.2, 0) is 17.6 Å². The largest absolute Gasteiger partial charge is 0.370 e. The van der Waals surface area contributed by atoms with Crippen LogP contribution in [0.3, 0.4) is 0 Å². The lowest BCUT2D eigenvalue weighted by molar-refractivity contribution is -0.121. The van der Waals surface area contributed by atoms with Crippen molar-refractivity contribution in [1.29, 1.82) is 0 Å². The summed E-state index contributed by atoms with van der Waals surface area (Å²) in [6, 6.07) is 17.5. The number of likely N-dealkylation sites (tertiary alicyclic amines) is 1. The van der Waals surface area contributed by atoms with Crippen LogP contribution in [0.15, 0.2) is 60.8 Å². The summed E-state index contributed by atoms with van der Waals surface area (Å²) in [5.74, 6) is 1.32. The second-order valence-corrected chi connectivity index (χ2v) is 9.37. The molecular weight excluding hydrogens is 478 g/mol. The maximum absolute atomic E-state index is 12.4. The van der Waals surface area contributed by atoms with Gasteiger partial charge in [-0.1, -0.05) is 43.3 Å². The number of hydrogen-bond donors (Lipinski definition) is 4. The van der Waals surface area contributed by atoms with E-state index in [2.05, 4.69) is 38.2 Å². The quantitative estimate of drug-likeness (QED) is 0.254. The third-order valence-corrected chi connectivity index (χ3v) is 6.46. The molecule has 1 aliphatic heterocycles. The molecule has 2 heterocycles. The first kappa shape index (κ1) is 26.9. The van der Waals surface area contributed by atoms with Crippen molar-refractivity contribution in [3.63, 3.8) is 0 Å². The van der Waals surface area contributed by atoms with Gasteiger partial charge in [-0.15, -0.1) is 0 Å². The molecule has 9 heteroatoms. The van der Waals surface area contributed by atoms with Crippen molar-refractivity contribution >= 4 is 35.1 Å². The molecule has 0 unspecified atom stereocenters. The number of aryl methyl sites for hydroxylation is 2. The number of rotatable bonds is 12. The molecule has 1 aliphatic rings. The Hall–Kier alpha value is -4.14. The SMILES string of the molecule is CCc1cnc(Nc2cccc(NC(=O)N3CCCC3)c2)nc1NCCCNC(=O)CCc1ccccc1. The predicted octanol–water partition coefficient (Wildman–Crippen LogP) is 4.96. The van der Waals surface area contributed by atoms with Crippen LogP contribution >= 0.6 is 0 Å². The topological polar surface area (TPSA) is 111 Å². The molecule has 4 rings (SSSR count). The van der Waals surface area contributed by atoms with Crippen molar-refractivity contribution in [3.8, 4) is 0 Å². The van der Waals surface area contributed by atoms with Gasteiger partial charge in [0.05, 0.1) is 0 Å². The zero-order valence-electron chi connectivity index (χ0n) is 22.0. The fourth-order valence-corrected chi connectivity index (χ4v) is 4.32. The van der Waals surface area contributed by atoms with Crippen LogP contribution in [0, 0.1) is 0 Å². The summed E-state index contributed by atoms with van der Waals surface area (Å²) in [5, 5.41) is 12.6. The van der Waals surface area contributed by atoms with Crippen LogP contribution < -0.4 is 21.3 Å². The van der Waals surface area contributed by atoms with Gasteiger partial charge in [0.15, 0.2) is 0 Å². The Kier molecular flexibility index (Phi) is 9.89. The third kappa shape index (κ3) is 8.19. The lowest BCUT2D eigenvalue weighted by Gasteiger charge is -2.17. The molecule has 38 heavy (non-hydrogen) atoms. The summed E-state index contributed by atoms with van der Waals surface area (Å²) in [6.45, 7) is 4.96. The summed E-state index contributed by atoms with van der Waals surface area (Å²) in [6.07, 6.45) is 6.75. The lowest BCUT2D eigenvalue weighted by atomic mass is 10.1. The number of aromatic nitrogens is 2. The monoisotopic (exact) mass is 515 g/mol. The average molecular weight is 516 g/mol. The van der Waals surface area contributed by atoms with Gasteiger partial charge in [-0.3, -0.25) is 4.79 Å². The van der Waals surface area contributed by atoms with E-state index in [1.807, 2.05) is 65.7 Å². The molecule has 3 amide bonds. The number of benzene rings is 2. The molecule has 0 atom stereocenters. The summed E-state index contributed by atoms with van der Waals surface area (Å²) in [5.41, 5.74) is 3.70. The van der Waals surface area contributed by atoms with Gasteiger partial charge >= 0.3 is 6.03 Å². The first-order valence-electron chi connectivity index (χ1n) is 13.4. The van der Waals surface area contributed by atoms with E-state index in [1.165, 1.54) is 5.56 Å². The normalized spacial score (nSPS) is 12.7. The van der Waals surface area contributed by atoms with E-state index < -0.39 is 0 Å². The van der Waals surface area contributed by atoms with E-state index in [0.29, 0.717) is 25.5 Å². The second-order valence-electron chi connectivity index (χ2n) is 9.37.